The molecule has 0 radical (unpaired) electrons. The summed E-state index contributed by atoms with van der Waals surface area (Å²) in [6.45, 7) is 4.15. The van der Waals surface area contributed by atoms with Gasteiger partial charge in [-0.15, -0.1) is 24.0 Å². The Balaban J connectivity index is 0.00000338. The van der Waals surface area contributed by atoms with E-state index < -0.39 is 0 Å². The van der Waals surface area contributed by atoms with Gasteiger partial charge in [0.1, 0.15) is 5.82 Å². The number of hydrogen-bond donors (Lipinski definition) is 2. The number of ether oxygens (including phenoxy) is 1. The molecule has 1 amide bonds. The van der Waals surface area contributed by atoms with Crippen molar-refractivity contribution in [1.82, 2.24) is 15.5 Å². The van der Waals surface area contributed by atoms with Crippen molar-refractivity contribution in [2.75, 3.05) is 33.3 Å². The maximum absolute atomic E-state index is 13.6. The van der Waals surface area contributed by atoms with Crippen LogP contribution in [0, 0.1) is 5.82 Å². The molecule has 0 aromatic heterocycles. The zero-order valence-corrected chi connectivity index (χ0v) is 17.7. The van der Waals surface area contributed by atoms with Crippen molar-refractivity contribution in [2.45, 2.75) is 32.2 Å². The van der Waals surface area contributed by atoms with Crippen molar-refractivity contribution in [3.8, 4) is 0 Å². The van der Waals surface area contributed by atoms with Gasteiger partial charge in [-0.2, -0.15) is 0 Å². The predicted octanol–water partition coefficient (Wildman–Crippen LogP) is 2.77. The van der Waals surface area contributed by atoms with E-state index in [1.165, 1.54) is 6.07 Å². The molecule has 0 atom stereocenters. The first kappa shape index (κ1) is 22.5. The molecule has 146 valence electrons. The number of piperidine rings is 1. The second-order valence-electron chi connectivity index (χ2n) is 5.94. The Kier molecular flexibility index (Phi) is 10.3. The third kappa shape index (κ3) is 6.97. The van der Waals surface area contributed by atoms with E-state index in [2.05, 4.69) is 15.6 Å². The quantitative estimate of drug-likeness (QED) is 0.388. The topological polar surface area (TPSA) is 66.0 Å². The molecule has 8 heteroatoms. The van der Waals surface area contributed by atoms with E-state index in [4.69, 9.17) is 4.74 Å². The molecule has 1 saturated heterocycles. The van der Waals surface area contributed by atoms with Crippen LogP contribution in [0.1, 0.15) is 25.3 Å². The van der Waals surface area contributed by atoms with Gasteiger partial charge in [-0.3, -0.25) is 4.99 Å². The van der Waals surface area contributed by atoms with Crippen LogP contribution in [0.3, 0.4) is 0 Å². The summed E-state index contributed by atoms with van der Waals surface area (Å²) >= 11 is 0. The van der Waals surface area contributed by atoms with E-state index in [0.717, 1.165) is 12.8 Å². The molecule has 0 bridgehead atoms. The standard InChI is InChI=1S/C18H27FN4O2.HI/c1-3-25-18(24)23-12-9-15(10-13-23)22-17(20-2)21-11-8-14-6-4-5-7-16(14)19;/h4-7,15H,3,8-13H2,1-2H3,(H2,20,21,22);1H. The predicted molar refractivity (Wildman–Crippen MR) is 112 cm³/mol. The Hall–Kier alpha value is -1.58. The monoisotopic (exact) mass is 478 g/mol. The smallest absolute Gasteiger partial charge is 0.409 e. The summed E-state index contributed by atoms with van der Waals surface area (Å²) < 4.78 is 18.6. The number of guanidine groups is 1. The molecule has 26 heavy (non-hydrogen) atoms. The van der Waals surface area contributed by atoms with Crippen LogP contribution in [0.5, 0.6) is 0 Å². The fraction of sp³-hybridized carbons (Fsp3) is 0.556. The first-order chi connectivity index (χ1) is 12.1. The maximum atomic E-state index is 13.6. The first-order valence-corrected chi connectivity index (χ1v) is 8.76. The van der Waals surface area contributed by atoms with E-state index in [9.17, 15) is 9.18 Å². The lowest BCUT2D eigenvalue weighted by atomic mass is 10.1. The summed E-state index contributed by atoms with van der Waals surface area (Å²) in [5, 5.41) is 6.58. The van der Waals surface area contributed by atoms with Gasteiger partial charge in [0, 0.05) is 32.7 Å². The molecule has 1 aliphatic heterocycles. The van der Waals surface area contributed by atoms with Crippen LogP contribution in [0.2, 0.25) is 0 Å². The van der Waals surface area contributed by atoms with Crippen LogP contribution in [0.4, 0.5) is 9.18 Å². The maximum Gasteiger partial charge on any atom is 0.409 e. The second-order valence-corrected chi connectivity index (χ2v) is 5.94. The molecule has 1 aromatic carbocycles. The number of aliphatic imine (C=N–C) groups is 1. The summed E-state index contributed by atoms with van der Waals surface area (Å²) in [5.74, 6) is 0.518. The van der Waals surface area contributed by atoms with Gasteiger partial charge in [0.05, 0.1) is 6.61 Å². The number of carbonyl (C=O) groups excluding carboxylic acids is 1. The Morgan fingerprint density at radius 2 is 2.04 bits per heavy atom. The molecule has 0 spiro atoms. The Labute approximate surface area is 171 Å². The summed E-state index contributed by atoms with van der Waals surface area (Å²) in [5.41, 5.74) is 0.688. The van der Waals surface area contributed by atoms with E-state index in [1.807, 2.05) is 13.0 Å². The fourth-order valence-electron chi connectivity index (χ4n) is 2.83. The molecule has 1 heterocycles. The summed E-state index contributed by atoms with van der Waals surface area (Å²) in [6.07, 6.45) is 2.03. The summed E-state index contributed by atoms with van der Waals surface area (Å²) in [6, 6.07) is 7.04. The zero-order chi connectivity index (χ0) is 18.1. The fourth-order valence-corrected chi connectivity index (χ4v) is 2.83. The molecular weight excluding hydrogens is 450 g/mol. The minimum atomic E-state index is -0.242. The average Bonchev–Trinajstić information content (AvgIpc) is 2.63. The molecular formula is C18H28FIN4O2. The van der Waals surface area contributed by atoms with Crippen LogP contribution >= 0.6 is 24.0 Å². The lowest BCUT2D eigenvalue weighted by Crippen LogP contribution is -2.50. The van der Waals surface area contributed by atoms with Crippen LogP contribution < -0.4 is 10.6 Å². The van der Waals surface area contributed by atoms with Gasteiger partial charge in [-0.05, 0) is 37.8 Å². The third-order valence-electron chi connectivity index (χ3n) is 4.23. The number of nitrogens with zero attached hydrogens (tertiary/aromatic N) is 2. The molecule has 0 aliphatic carbocycles. The number of amides is 1. The second kappa shape index (κ2) is 11.9. The minimum Gasteiger partial charge on any atom is -0.450 e. The Morgan fingerprint density at radius 3 is 2.65 bits per heavy atom. The highest BCUT2D eigenvalue weighted by atomic mass is 127. The van der Waals surface area contributed by atoms with Crippen LogP contribution in [0.25, 0.3) is 0 Å². The Morgan fingerprint density at radius 1 is 1.35 bits per heavy atom. The summed E-state index contributed by atoms with van der Waals surface area (Å²) in [7, 11) is 1.71. The first-order valence-electron chi connectivity index (χ1n) is 8.76. The molecule has 1 aromatic rings. The van der Waals surface area contributed by atoms with Gasteiger partial charge in [-0.25, -0.2) is 9.18 Å². The number of nitrogens with one attached hydrogen (secondary N) is 2. The molecule has 1 fully saturated rings. The van der Waals surface area contributed by atoms with Gasteiger partial charge >= 0.3 is 6.09 Å². The highest BCUT2D eigenvalue weighted by Gasteiger charge is 2.23. The van der Waals surface area contributed by atoms with E-state index in [-0.39, 0.29) is 41.9 Å². The number of rotatable bonds is 5. The molecule has 2 rings (SSSR count). The number of benzene rings is 1. The molecule has 1 aliphatic rings. The highest BCUT2D eigenvalue weighted by Crippen LogP contribution is 2.11. The van der Waals surface area contributed by atoms with Crippen molar-refractivity contribution in [2.24, 2.45) is 4.99 Å². The molecule has 2 N–H and O–H groups in total. The van der Waals surface area contributed by atoms with Gasteiger partial charge in [0.25, 0.3) is 0 Å². The van der Waals surface area contributed by atoms with Gasteiger partial charge in [0.2, 0.25) is 0 Å². The minimum absolute atomic E-state index is 0. The highest BCUT2D eigenvalue weighted by molar-refractivity contribution is 14.0. The van der Waals surface area contributed by atoms with Gasteiger partial charge in [0.15, 0.2) is 5.96 Å². The van der Waals surface area contributed by atoms with Crippen LogP contribution in [-0.2, 0) is 11.2 Å². The summed E-state index contributed by atoms with van der Waals surface area (Å²) in [4.78, 5) is 17.7. The SMILES string of the molecule is CCOC(=O)N1CCC(NC(=NC)NCCc2ccccc2F)CC1.I. The molecule has 0 saturated carbocycles. The normalized spacial score (nSPS) is 15.2. The number of carbonyl (C=O) groups is 1. The largest absolute Gasteiger partial charge is 0.450 e. The molecule has 0 unspecified atom stereocenters. The van der Waals surface area contributed by atoms with Crippen LogP contribution in [0.15, 0.2) is 29.3 Å². The van der Waals surface area contributed by atoms with Gasteiger partial charge < -0.3 is 20.3 Å². The lowest BCUT2D eigenvalue weighted by molar-refractivity contribution is 0.0963. The lowest BCUT2D eigenvalue weighted by Gasteiger charge is -2.32. The number of likely N-dealkylation sites (tertiary alicyclic amines) is 1. The Bertz CT molecular complexity index is 592. The average molecular weight is 478 g/mol. The van der Waals surface area contributed by atoms with Crippen molar-refractivity contribution >= 4 is 36.0 Å². The van der Waals surface area contributed by atoms with E-state index in [1.54, 1.807) is 24.1 Å². The third-order valence-corrected chi connectivity index (χ3v) is 4.23. The number of halogens is 2. The van der Waals surface area contributed by atoms with Crippen molar-refractivity contribution in [1.29, 1.82) is 0 Å². The zero-order valence-electron chi connectivity index (χ0n) is 15.3. The number of hydrogen-bond acceptors (Lipinski definition) is 3. The van der Waals surface area contributed by atoms with Crippen molar-refractivity contribution in [3.63, 3.8) is 0 Å². The van der Waals surface area contributed by atoms with E-state index in [0.29, 0.717) is 44.2 Å². The van der Waals surface area contributed by atoms with Crippen molar-refractivity contribution < 1.29 is 13.9 Å². The van der Waals surface area contributed by atoms with Crippen LogP contribution in [-0.4, -0.2) is 56.3 Å². The van der Waals surface area contributed by atoms with Crippen molar-refractivity contribution in [3.05, 3.63) is 35.6 Å². The van der Waals surface area contributed by atoms with Gasteiger partial charge in [-0.1, -0.05) is 18.2 Å². The van der Waals surface area contributed by atoms with E-state index >= 15 is 0 Å². The molecule has 6 nitrogen and oxygen atoms in total.